The molecule has 1 aromatic rings. The third-order valence-electron chi connectivity index (χ3n) is 1.56. The van der Waals surface area contributed by atoms with E-state index in [1.165, 1.54) is 18.6 Å². The molecule has 0 saturated carbocycles. The van der Waals surface area contributed by atoms with Gasteiger partial charge in [-0.3, -0.25) is 4.79 Å². The summed E-state index contributed by atoms with van der Waals surface area (Å²) in [7, 11) is 0. The quantitative estimate of drug-likeness (QED) is 0.592. The first-order valence-electron chi connectivity index (χ1n) is 4.50. The summed E-state index contributed by atoms with van der Waals surface area (Å²) in [6.07, 6.45) is 6.08. The van der Waals surface area contributed by atoms with Crippen molar-refractivity contribution in [3.63, 3.8) is 0 Å². The molecule has 0 unspecified atom stereocenters. The smallest absolute Gasteiger partial charge is 0.190 e. The Balaban J connectivity index is 2.50. The Hall–Kier alpha value is -1.51. The number of hydrogen-bond donors (Lipinski definition) is 1. The lowest BCUT2D eigenvalue weighted by Crippen LogP contribution is -2.31. The Morgan fingerprint density at radius 1 is 1.50 bits per heavy atom. The van der Waals surface area contributed by atoms with E-state index < -0.39 is 0 Å². The summed E-state index contributed by atoms with van der Waals surface area (Å²) in [4.78, 5) is 11.4. The van der Waals surface area contributed by atoms with Crippen molar-refractivity contribution in [3.8, 4) is 0 Å². The number of furan rings is 1. The molecule has 1 aromatic heterocycles. The van der Waals surface area contributed by atoms with Crippen molar-refractivity contribution in [2.24, 2.45) is 0 Å². The molecule has 14 heavy (non-hydrogen) atoms. The average Bonchev–Trinajstić information content (AvgIpc) is 2.53. The monoisotopic (exact) mass is 193 g/mol. The minimum Gasteiger partial charge on any atom is -0.472 e. The zero-order valence-electron chi connectivity index (χ0n) is 8.70. The predicted molar refractivity (Wildman–Crippen MR) is 55.1 cm³/mol. The van der Waals surface area contributed by atoms with Crippen LogP contribution >= 0.6 is 0 Å². The van der Waals surface area contributed by atoms with Gasteiger partial charge in [0.1, 0.15) is 6.26 Å². The van der Waals surface area contributed by atoms with Gasteiger partial charge in [-0.15, -0.1) is 0 Å². The van der Waals surface area contributed by atoms with Crippen molar-refractivity contribution in [3.05, 3.63) is 36.4 Å². The molecular formula is C11H15NO2. The van der Waals surface area contributed by atoms with E-state index in [4.69, 9.17) is 4.42 Å². The molecule has 0 aromatic carbocycles. The molecule has 0 aliphatic heterocycles. The Bertz CT molecular complexity index is 318. The van der Waals surface area contributed by atoms with Gasteiger partial charge in [0.25, 0.3) is 0 Å². The lowest BCUT2D eigenvalue weighted by atomic mass is 10.1. The van der Waals surface area contributed by atoms with Crippen molar-refractivity contribution in [1.29, 1.82) is 0 Å². The van der Waals surface area contributed by atoms with Crippen LogP contribution in [0.4, 0.5) is 0 Å². The average molecular weight is 193 g/mol. The SMILES string of the molecule is CC(C)(C)N/C=C/C(=O)c1ccoc1. The van der Waals surface area contributed by atoms with E-state index in [1.54, 1.807) is 12.3 Å². The molecule has 0 amide bonds. The normalized spacial score (nSPS) is 11.9. The van der Waals surface area contributed by atoms with E-state index in [2.05, 4.69) is 5.32 Å². The highest BCUT2D eigenvalue weighted by Crippen LogP contribution is 2.02. The molecule has 1 rings (SSSR count). The van der Waals surface area contributed by atoms with Crippen LogP contribution in [0.2, 0.25) is 0 Å². The third kappa shape index (κ3) is 3.47. The first-order chi connectivity index (χ1) is 6.49. The Labute approximate surface area is 83.8 Å². The number of ketones is 1. The fourth-order valence-electron chi connectivity index (χ4n) is 0.868. The predicted octanol–water partition coefficient (Wildman–Crippen LogP) is 2.36. The molecular weight excluding hydrogens is 178 g/mol. The van der Waals surface area contributed by atoms with Crippen molar-refractivity contribution < 1.29 is 9.21 Å². The van der Waals surface area contributed by atoms with Crippen molar-refractivity contribution >= 4 is 5.78 Å². The number of hydrogen-bond acceptors (Lipinski definition) is 3. The van der Waals surface area contributed by atoms with E-state index in [0.29, 0.717) is 5.56 Å². The van der Waals surface area contributed by atoms with Gasteiger partial charge >= 0.3 is 0 Å². The van der Waals surface area contributed by atoms with Crippen molar-refractivity contribution in [2.75, 3.05) is 0 Å². The van der Waals surface area contributed by atoms with Gasteiger partial charge in [-0.25, -0.2) is 0 Å². The van der Waals surface area contributed by atoms with E-state index in [9.17, 15) is 4.79 Å². The zero-order chi connectivity index (χ0) is 10.6. The molecule has 0 radical (unpaired) electrons. The lowest BCUT2D eigenvalue weighted by Gasteiger charge is -2.18. The molecule has 3 nitrogen and oxygen atoms in total. The largest absolute Gasteiger partial charge is 0.472 e. The molecule has 3 heteroatoms. The minimum atomic E-state index is -0.0597. The van der Waals surface area contributed by atoms with Crippen LogP contribution in [0, 0.1) is 0 Å². The van der Waals surface area contributed by atoms with Gasteiger partial charge in [-0.05, 0) is 26.8 Å². The van der Waals surface area contributed by atoms with Crippen LogP contribution in [-0.2, 0) is 0 Å². The summed E-state index contributed by atoms with van der Waals surface area (Å²) < 4.78 is 4.81. The summed E-state index contributed by atoms with van der Waals surface area (Å²) >= 11 is 0. The van der Waals surface area contributed by atoms with Gasteiger partial charge in [0, 0.05) is 17.8 Å². The molecule has 1 N–H and O–H groups in total. The molecule has 0 bridgehead atoms. The molecule has 0 atom stereocenters. The summed E-state index contributed by atoms with van der Waals surface area (Å²) in [5.74, 6) is -0.0597. The third-order valence-corrected chi connectivity index (χ3v) is 1.56. The summed E-state index contributed by atoms with van der Waals surface area (Å²) in [6, 6.07) is 1.64. The second-order valence-electron chi connectivity index (χ2n) is 4.10. The molecule has 76 valence electrons. The van der Waals surface area contributed by atoms with E-state index in [0.717, 1.165) is 0 Å². The van der Waals surface area contributed by atoms with Gasteiger partial charge in [0.05, 0.1) is 11.8 Å². The molecule has 0 aliphatic rings. The van der Waals surface area contributed by atoms with Gasteiger partial charge in [-0.2, -0.15) is 0 Å². The van der Waals surface area contributed by atoms with Gasteiger partial charge in [-0.1, -0.05) is 0 Å². The van der Waals surface area contributed by atoms with Crippen LogP contribution in [0.25, 0.3) is 0 Å². The second-order valence-corrected chi connectivity index (χ2v) is 4.10. The minimum absolute atomic E-state index is 0.0207. The van der Waals surface area contributed by atoms with E-state index in [-0.39, 0.29) is 11.3 Å². The van der Waals surface area contributed by atoms with Crippen LogP contribution < -0.4 is 5.32 Å². The van der Waals surface area contributed by atoms with E-state index >= 15 is 0 Å². The number of rotatable bonds is 3. The molecule has 0 saturated heterocycles. The summed E-state index contributed by atoms with van der Waals surface area (Å²) in [6.45, 7) is 6.08. The maximum absolute atomic E-state index is 11.4. The highest BCUT2D eigenvalue weighted by Gasteiger charge is 2.06. The Morgan fingerprint density at radius 3 is 2.71 bits per heavy atom. The van der Waals surface area contributed by atoms with Crippen LogP contribution in [-0.4, -0.2) is 11.3 Å². The lowest BCUT2D eigenvalue weighted by molar-refractivity contribution is 0.104. The number of carbonyl (C=O) groups excluding carboxylic acids is 1. The highest BCUT2D eigenvalue weighted by atomic mass is 16.3. The fourth-order valence-corrected chi connectivity index (χ4v) is 0.868. The fraction of sp³-hybridized carbons (Fsp3) is 0.364. The van der Waals surface area contributed by atoms with Crippen molar-refractivity contribution in [2.45, 2.75) is 26.3 Å². The summed E-state index contributed by atoms with van der Waals surface area (Å²) in [5.41, 5.74) is 0.546. The first kappa shape index (κ1) is 10.6. The zero-order valence-corrected chi connectivity index (χ0v) is 8.70. The standard InChI is InChI=1S/C11H15NO2/c1-11(2,3)12-6-4-10(13)9-5-7-14-8-9/h4-8,12H,1-3H3/b6-4+. The number of allylic oxidation sites excluding steroid dienone is 1. The topological polar surface area (TPSA) is 42.2 Å². The van der Waals surface area contributed by atoms with Crippen LogP contribution in [0.15, 0.2) is 35.3 Å². The second kappa shape index (κ2) is 4.13. The van der Waals surface area contributed by atoms with Crippen LogP contribution in [0.3, 0.4) is 0 Å². The van der Waals surface area contributed by atoms with Gasteiger partial charge < -0.3 is 9.73 Å². The molecule has 0 fully saturated rings. The molecule has 0 spiro atoms. The van der Waals surface area contributed by atoms with Crippen LogP contribution in [0.1, 0.15) is 31.1 Å². The molecule has 0 aliphatic carbocycles. The Morgan fingerprint density at radius 2 is 2.21 bits per heavy atom. The molecule has 1 heterocycles. The van der Waals surface area contributed by atoms with Gasteiger partial charge in [0.2, 0.25) is 0 Å². The van der Waals surface area contributed by atoms with E-state index in [1.807, 2.05) is 20.8 Å². The first-order valence-corrected chi connectivity index (χ1v) is 4.50. The number of nitrogens with one attached hydrogen (secondary N) is 1. The van der Waals surface area contributed by atoms with Gasteiger partial charge in [0.15, 0.2) is 5.78 Å². The summed E-state index contributed by atoms with van der Waals surface area (Å²) in [5, 5.41) is 3.08. The number of carbonyl (C=O) groups is 1. The maximum Gasteiger partial charge on any atom is 0.190 e. The van der Waals surface area contributed by atoms with Crippen LogP contribution in [0.5, 0.6) is 0 Å². The highest BCUT2D eigenvalue weighted by molar-refractivity contribution is 6.04. The maximum atomic E-state index is 11.4. The van der Waals surface area contributed by atoms with Crippen molar-refractivity contribution in [1.82, 2.24) is 5.32 Å². The Kier molecular flexibility index (Phi) is 3.12.